The minimum absolute atomic E-state index is 0.183. The topological polar surface area (TPSA) is 53.0 Å². The van der Waals surface area contributed by atoms with Crippen LogP contribution in [0.4, 0.5) is 11.4 Å². The molecule has 0 aliphatic heterocycles. The molecule has 17 heavy (non-hydrogen) atoms. The van der Waals surface area contributed by atoms with Gasteiger partial charge in [0.25, 0.3) is 0 Å². The highest BCUT2D eigenvalue weighted by atomic mass is 16.5. The van der Waals surface area contributed by atoms with E-state index in [0.29, 0.717) is 11.4 Å². The van der Waals surface area contributed by atoms with Gasteiger partial charge in [0.15, 0.2) is 0 Å². The maximum absolute atomic E-state index is 11.3. The minimum atomic E-state index is -0.990. The zero-order valence-corrected chi connectivity index (χ0v) is 10.8. The Morgan fingerprint density at radius 2 is 1.76 bits per heavy atom. The van der Waals surface area contributed by atoms with Crippen molar-refractivity contribution in [2.24, 2.45) is 0 Å². The van der Waals surface area contributed by atoms with Crippen LogP contribution in [0.25, 0.3) is 0 Å². The molecule has 0 amide bonds. The molecule has 0 heterocycles. The highest BCUT2D eigenvalue weighted by molar-refractivity contribution is 5.98. The summed E-state index contributed by atoms with van der Waals surface area (Å²) in [5.41, 5.74) is 1.71. The van der Waals surface area contributed by atoms with Crippen molar-refractivity contribution in [3.63, 3.8) is 0 Å². The molecule has 1 N–H and O–H groups in total. The van der Waals surface area contributed by atoms with E-state index in [1.54, 1.807) is 25.1 Å². The summed E-state index contributed by atoms with van der Waals surface area (Å²) >= 11 is 0. The number of rotatable bonds is 4. The molecule has 0 saturated carbocycles. The molecule has 0 spiro atoms. The SMILES string of the molecule is COc1cc(N(C)C)cc(N(C)C)c1C(=O)O. The van der Waals surface area contributed by atoms with Crippen molar-refractivity contribution in [1.82, 2.24) is 0 Å². The van der Waals surface area contributed by atoms with Crippen LogP contribution in [0.15, 0.2) is 12.1 Å². The fraction of sp³-hybridized carbons (Fsp3) is 0.417. The molecular weight excluding hydrogens is 220 g/mol. The average Bonchev–Trinajstić information content (AvgIpc) is 2.26. The van der Waals surface area contributed by atoms with Crippen LogP contribution in [0.2, 0.25) is 0 Å². The third kappa shape index (κ3) is 2.61. The number of aromatic carboxylic acids is 1. The first kappa shape index (κ1) is 13.2. The van der Waals surface area contributed by atoms with Gasteiger partial charge in [-0.15, -0.1) is 0 Å². The van der Waals surface area contributed by atoms with Crippen molar-refractivity contribution in [2.75, 3.05) is 45.1 Å². The number of methoxy groups -OCH3 is 1. The number of hydrogen-bond donors (Lipinski definition) is 1. The Morgan fingerprint density at radius 3 is 2.12 bits per heavy atom. The van der Waals surface area contributed by atoms with Crippen molar-refractivity contribution in [3.8, 4) is 5.75 Å². The molecule has 5 heteroatoms. The summed E-state index contributed by atoms with van der Waals surface area (Å²) in [6.07, 6.45) is 0. The summed E-state index contributed by atoms with van der Waals surface area (Å²) in [6, 6.07) is 3.54. The number of ether oxygens (including phenoxy) is 1. The van der Waals surface area contributed by atoms with Crippen LogP contribution in [-0.2, 0) is 0 Å². The van der Waals surface area contributed by atoms with E-state index in [9.17, 15) is 9.90 Å². The molecule has 0 saturated heterocycles. The molecule has 5 nitrogen and oxygen atoms in total. The second-order valence-electron chi connectivity index (χ2n) is 4.14. The summed E-state index contributed by atoms with van der Waals surface area (Å²) in [7, 11) is 8.88. The van der Waals surface area contributed by atoms with Crippen LogP contribution in [0, 0.1) is 0 Å². The Balaban J connectivity index is 3.51. The minimum Gasteiger partial charge on any atom is -0.496 e. The molecule has 0 aliphatic carbocycles. The van der Waals surface area contributed by atoms with E-state index < -0.39 is 5.97 Å². The summed E-state index contributed by atoms with van der Waals surface area (Å²) < 4.78 is 5.15. The number of anilines is 2. The van der Waals surface area contributed by atoms with E-state index in [1.165, 1.54) is 7.11 Å². The van der Waals surface area contributed by atoms with E-state index in [-0.39, 0.29) is 5.56 Å². The van der Waals surface area contributed by atoms with E-state index in [1.807, 2.05) is 25.1 Å². The fourth-order valence-corrected chi connectivity index (χ4v) is 1.57. The molecule has 1 aromatic carbocycles. The Kier molecular flexibility index (Phi) is 3.83. The average molecular weight is 238 g/mol. The highest BCUT2D eigenvalue weighted by Crippen LogP contribution is 2.33. The molecule has 0 bridgehead atoms. The number of carboxylic acid groups (broad SMARTS) is 1. The van der Waals surface area contributed by atoms with Gasteiger partial charge in [0.1, 0.15) is 11.3 Å². The number of carbonyl (C=O) groups is 1. The smallest absolute Gasteiger partial charge is 0.341 e. The molecule has 94 valence electrons. The summed E-state index contributed by atoms with van der Waals surface area (Å²) in [5, 5.41) is 9.24. The van der Waals surface area contributed by atoms with Gasteiger partial charge in [0.05, 0.1) is 12.8 Å². The maximum Gasteiger partial charge on any atom is 0.341 e. The second-order valence-corrected chi connectivity index (χ2v) is 4.14. The third-order valence-corrected chi connectivity index (χ3v) is 2.50. The van der Waals surface area contributed by atoms with Crippen molar-refractivity contribution in [2.45, 2.75) is 0 Å². The zero-order valence-electron chi connectivity index (χ0n) is 10.8. The van der Waals surface area contributed by atoms with Crippen LogP contribution >= 0.6 is 0 Å². The van der Waals surface area contributed by atoms with E-state index in [0.717, 1.165) is 5.69 Å². The van der Waals surface area contributed by atoms with E-state index >= 15 is 0 Å². The Labute approximate surface area is 101 Å². The molecule has 1 rings (SSSR count). The van der Waals surface area contributed by atoms with Gasteiger partial charge in [-0.1, -0.05) is 0 Å². The predicted molar refractivity (Wildman–Crippen MR) is 68.6 cm³/mol. The number of nitrogens with zero attached hydrogens (tertiary/aromatic N) is 2. The van der Waals surface area contributed by atoms with Crippen LogP contribution in [0.3, 0.4) is 0 Å². The third-order valence-electron chi connectivity index (χ3n) is 2.50. The van der Waals surface area contributed by atoms with Crippen molar-refractivity contribution in [3.05, 3.63) is 17.7 Å². The predicted octanol–water partition coefficient (Wildman–Crippen LogP) is 1.53. The second kappa shape index (κ2) is 4.95. The van der Waals surface area contributed by atoms with Gasteiger partial charge in [-0.2, -0.15) is 0 Å². The Morgan fingerprint density at radius 1 is 1.18 bits per heavy atom. The maximum atomic E-state index is 11.3. The van der Waals surface area contributed by atoms with Crippen molar-refractivity contribution >= 4 is 17.3 Å². The first-order chi connectivity index (χ1) is 7.88. The normalized spacial score (nSPS) is 9.94. The molecule has 1 aromatic rings. The first-order valence-corrected chi connectivity index (χ1v) is 5.18. The molecular formula is C12H18N2O3. The molecule has 0 unspecified atom stereocenters. The monoisotopic (exact) mass is 238 g/mol. The lowest BCUT2D eigenvalue weighted by molar-refractivity contribution is 0.0694. The molecule has 0 aliphatic rings. The van der Waals surface area contributed by atoms with Gasteiger partial charge >= 0.3 is 5.97 Å². The van der Waals surface area contributed by atoms with Gasteiger partial charge in [-0.3, -0.25) is 0 Å². The summed E-state index contributed by atoms with van der Waals surface area (Å²) in [5.74, 6) is -0.622. The van der Waals surface area contributed by atoms with Gasteiger partial charge in [-0.25, -0.2) is 4.79 Å². The van der Waals surface area contributed by atoms with Crippen LogP contribution < -0.4 is 14.5 Å². The van der Waals surface area contributed by atoms with Crippen LogP contribution in [-0.4, -0.2) is 46.4 Å². The quantitative estimate of drug-likeness (QED) is 0.862. The first-order valence-electron chi connectivity index (χ1n) is 5.18. The van der Waals surface area contributed by atoms with Crippen molar-refractivity contribution in [1.29, 1.82) is 0 Å². The van der Waals surface area contributed by atoms with Crippen LogP contribution in [0.1, 0.15) is 10.4 Å². The molecule has 0 radical (unpaired) electrons. The van der Waals surface area contributed by atoms with E-state index in [2.05, 4.69) is 0 Å². The summed E-state index contributed by atoms with van der Waals surface area (Å²) in [4.78, 5) is 14.9. The van der Waals surface area contributed by atoms with Crippen molar-refractivity contribution < 1.29 is 14.6 Å². The Bertz CT molecular complexity index is 428. The highest BCUT2D eigenvalue weighted by Gasteiger charge is 2.19. The molecule has 0 atom stereocenters. The van der Waals surface area contributed by atoms with Gasteiger partial charge in [0.2, 0.25) is 0 Å². The molecule has 0 fully saturated rings. The van der Waals surface area contributed by atoms with E-state index in [4.69, 9.17) is 4.74 Å². The number of carboxylic acids is 1. The lowest BCUT2D eigenvalue weighted by Gasteiger charge is -2.22. The zero-order chi connectivity index (χ0) is 13.2. The fourth-order valence-electron chi connectivity index (χ4n) is 1.57. The number of hydrogen-bond acceptors (Lipinski definition) is 4. The largest absolute Gasteiger partial charge is 0.496 e. The standard InChI is InChI=1S/C12H18N2O3/c1-13(2)8-6-9(14(3)4)11(12(15)16)10(7-8)17-5/h6-7H,1-5H3,(H,15,16). The molecule has 0 aromatic heterocycles. The lowest BCUT2D eigenvalue weighted by atomic mass is 10.1. The number of benzene rings is 1. The van der Waals surface area contributed by atoms with Gasteiger partial charge in [0, 0.05) is 39.9 Å². The van der Waals surface area contributed by atoms with Crippen LogP contribution in [0.5, 0.6) is 5.75 Å². The summed E-state index contributed by atoms with van der Waals surface area (Å²) in [6.45, 7) is 0. The Hall–Kier alpha value is -1.91. The van der Waals surface area contributed by atoms with Gasteiger partial charge in [-0.05, 0) is 6.07 Å². The lowest BCUT2D eigenvalue weighted by Crippen LogP contribution is -2.17. The van der Waals surface area contributed by atoms with Gasteiger partial charge < -0.3 is 19.6 Å².